The highest BCUT2D eigenvalue weighted by Crippen LogP contribution is 2.10. The lowest BCUT2D eigenvalue weighted by Crippen LogP contribution is -2.28. The van der Waals surface area contributed by atoms with Gasteiger partial charge in [-0.25, -0.2) is 0 Å². The molecule has 0 aromatic heterocycles. The fourth-order valence-corrected chi connectivity index (χ4v) is 1.99. The zero-order chi connectivity index (χ0) is 10.3. The molecule has 1 N–H and O–H groups in total. The van der Waals surface area contributed by atoms with Gasteiger partial charge in [0.25, 0.3) is 0 Å². The summed E-state index contributed by atoms with van der Waals surface area (Å²) in [7, 11) is 0. The predicted octanol–water partition coefficient (Wildman–Crippen LogP) is 0.418. The second kappa shape index (κ2) is 6.43. The molecule has 0 aromatic carbocycles. The molecule has 0 aromatic rings. The Morgan fingerprint density at radius 1 is 1.13 bits per heavy atom. The van der Waals surface area contributed by atoms with Crippen molar-refractivity contribution in [3.63, 3.8) is 0 Å². The average molecular weight is 215 g/mol. The van der Waals surface area contributed by atoms with Crippen LogP contribution in [0.4, 0.5) is 0 Å². The van der Waals surface area contributed by atoms with Crippen LogP contribution in [0.1, 0.15) is 12.8 Å². The van der Waals surface area contributed by atoms with Crippen LogP contribution in [-0.4, -0.2) is 52.2 Å². The number of hydrogen-bond donors (Lipinski definition) is 1. The van der Waals surface area contributed by atoms with Gasteiger partial charge in [0.05, 0.1) is 25.9 Å². The van der Waals surface area contributed by atoms with Gasteiger partial charge in [-0.1, -0.05) is 0 Å². The summed E-state index contributed by atoms with van der Waals surface area (Å²) in [5, 5.41) is 3.41. The first-order chi connectivity index (χ1) is 7.45. The van der Waals surface area contributed by atoms with E-state index < -0.39 is 0 Å². The number of nitrogens with one attached hydrogen (secondary N) is 1. The van der Waals surface area contributed by atoms with Crippen molar-refractivity contribution in [1.82, 2.24) is 5.32 Å². The maximum Gasteiger partial charge on any atom is 0.0831 e. The molecule has 88 valence electrons. The largest absolute Gasteiger partial charge is 0.381 e. The van der Waals surface area contributed by atoms with Crippen LogP contribution in [0.3, 0.4) is 0 Å². The lowest BCUT2D eigenvalue weighted by Gasteiger charge is -2.12. The molecule has 2 unspecified atom stereocenters. The maximum absolute atomic E-state index is 5.65. The van der Waals surface area contributed by atoms with Gasteiger partial charge in [-0.2, -0.15) is 0 Å². The standard InChI is InChI=1S/C11H21NO3/c1-4-13-8-10(1)7-12-3-6-15-11-2-5-14-9-11/h10-12H,1-9H2. The SMILES string of the molecule is C(COC1CCOC1)NCC1CCOC1. The first-order valence-corrected chi connectivity index (χ1v) is 5.93. The van der Waals surface area contributed by atoms with E-state index in [9.17, 15) is 0 Å². The van der Waals surface area contributed by atoms with E-state index in [1.165, 1.54) is 6.42 Å². The molecular weight excluding hydrogens is 194 g/mol. The smallest absolute Gasteiger partial charge is 0.0831 e. The number of rotatable bonds is 6. The Balaban J connectivity index is 1.41. The van der Waals surface area contributed by atoms with E-state index in [-0.39, 0.29) is 0 Å². The Kier molecular flexibility index (Phi) is 4.86. The highest BCUT2D eigenvalue weighted by molar-refractivity contribution is 4.67. The van der Waals surface area contributed by atoms with Gasteiger partial charge in [-0.3, -0.25) is 0 Å². The minimum Gasteiger partial charge on any atom is -0.381 e. The van der Waals surface area contributed by atoms with Crippen LogP contribution in [0.15, 0.2) is 0 Å². The highest BCUT2D eigenvalue weighted by atomic mass is 16.5. The topological polar surface area (TPSA) is 39.7 Å². The molecule has 0 aliphatic carbocycles. The van der Waals surface area contributed by atoms with E-state index >= 15 is 0 Å². The summed E-state index contributed by atoms with van der Waals surface area (Å²) in [6, 6.07) is 0. The molecule has 2 saturated heterocycles. The van der Waals surface area contributed by atoms with E-state index in [1.807, 2.05) is 0 Å². The van der Waals surface area contributed by atoms with Crippen molar-refractivity contribution in [1.29, 1.82) is 0 Å². The van der Waals surface area contributed by atoms with Crippen LogP contribution in [0, 0.1) is 5.92 Å². The number of ether oxygens (including phenoxy) is 3. The van der Waals surface area contributed by atoms with Crippen LogP contribution in [0.25, 0.3) is 0 Å². The summed E-state index contributed by atoms with van der Waals surface area (Å²) in [6.07, 6.45) is 2.59. The zero-order valence-electron chi connectivity index (χ0n) is 9.24. The van der Waals surface area contributed by atoms with E-state index in [2.05, 4.69) is 5.32 Å². The molecule has 4 nitrogen and oxygen atoms in total. The number of hydrogen-bond acceptors (Lipinski definition) is 4. The van der Waals surface area contributed by atoms with E-state index in [4.69, 9.17) is 14.2 Å². The van der Waals surface area contributed by atoms with Crippen molar-refractivity contribution >= 4 is 0 Å². The third kappa shape index (κ3) is 4.07. The summed E-state index contributed by atoms with van der Waals surface area (Å²) >= 11 is 0. The molecule has 0 bridgehead atoms. The molecule has 0 amide bonds. The zero-order valence-corrected chi connectivity index (χ0v) is 9.24. The second-order valence-corrected chi connectivity index (χ2v) is 4.29. The second-order valence-electron chi connectivity index (χ2n) is 4.29. The summed E-state index contributed by atoms with van der Waals surface area (Å²) in [5.41, 5.74) is 0. The molecule has 15 heavy (non-hydrogen) atoms. The summed E-state index contributed by atoms with van der Waals surface area (Å²) in [4.78, 5) is 0. The van der Waals surface area contributed by atoms with Gasteiger partial charge in [-0.15, -0.1) is 0 Å². The Bertz CT molecular complexity index is 147. The van der Waals surface area contributed by atoms with Crippen molar-refractivity contribution in [2.45, 2.75) is 18.9 Å². The molecule has 2 fully saturated rings. The molecule has 0 saturated carbocycles. The summed E-state index contributed by atoms with van der Waals surface area (Å²) in [6.45, 7) is 6.28. The molecule has 2 aliphatic heterocycles. The first-order valence-electron chi connectivity index (χ1n) is 5.93. The summed E-state index contributed by atoms with van der Waals surface area (Å²) in [5.74, 6) is 0.708. The Hall–Kier alpha value is -0.160. The van der Waals surface area contributed by atoms with Gasteiger partial charge >= 0.3 is 0 Å². The van der Waals surface area contributed by atoms with Gasteiger partial charge in [-0.05, 0) is 18.8 Å². The molecule has 2 rings (SSSR count). The third-order valence-corrected chi connectivity index (χ3v) is 2.98. The van der Waals surface area contributed by atoms with E-state index in [0.717, 1.165) is 52.5 Å². The van der Waals surface area contributed by atoms with Crippen LogP contribution in [-0.2, 0) is 14.2 Å². The van der Waals surface area contributed by atoms with Crippen molar-refractivity contribution in [2.75, 3.05) is 46.1 Å². The van der Waals surface area contributed by atoms with E-state index in [0.29, 0.717) is 12.0 Å². The van der Waals surface area contributed by atoms with Gasteiger partial charge < -0.3 is 19.5 Å². The van der Waals surface area contributed by atoms with E-state index in [1.54, 1.807) is 0 Å². The molecule has 2 aliphatic rings. The third-order valence-electron chi connectivity index (χ3n) is 2.98. The van der Waals surface area contributed by atoms with Crippen LogP contribution < -0.4 is 5.32 Å². The molecule has 0 radical (unpaired) electrons. The highest BCUT2D eigenvalue weighted by Gasteiger charge is 2.16. The Morgan fingerprint density at radius 3 is 2.73 bits per heavy atom. The summed E-state index contributed by atoms with van der Waals surface area (Å²) < 4.78 is 16.2. The van der Waals surface area contributed by atoms with Crippen LogP contribution >= 0.6 is 0 Å². The molecule has 0 spiro atoms. The monoisotopic (exact) mass is 215 g/mol. The van der Waals surface area contributed by atoms with Gasteiger partial charge in [0.15, 0.2) is 0 Å². The van der Waals surface area contributed by atoms with Gasteiger partial charge in [0.2, 0.25) is 0 Å². The molecule has 2 atom stereocenters. The van der Waals surface area contributed by atoms with Crippen molar-refractivity contribution < 1.29 is 14.2 Å². The normalized spacial score (nSPS) is 31.2. The van der Waals surface area contributed by atoms with Crippen molar-refractivity contribution in [2.24, 2.45) is 5.92 Å². The maximum atomic E-state index is 5.65. The fraction of sp³-hybridized carbons (Fsp3) is 1.00. The average Bonchev–Trinajstić information content (AvgIpc) is 2.88. The Labute approximate surface area is 91.3 Å². The van der Waals surface area contributed by atoms with Crippen molar-refractivity contribution in [3.05, 3.63) is 0 Å². The lowest BCUT2D eigenvalue weighted by atomic mass is 10.1. The molecular formula is C11H21NO3. The quantitative estimate of drug-likeness (QED) is 0.652. The Morgan fingerprint density at radius 2 is 2.00 bits per heavy atom. The minimum atomic E-state index is 0.335. The first kappa shape index (κ1) is 11.3. The lowest BCUT2D eigenvalue weighted by molar-refractivity contribution is 0.0442. The molecule has 4 heteroatoms. The molecule has 2 heterocycles. The van der Waals surface area contributed by atoms with Gasteiger partial charge in [0, 0.05) is 26.3 Å². The van der Waals surface area contributed by atoms with Gasteiger partial charge in [0.1, 0.15) is 0 Å². The minimum absolute atomic E-state index is 0.335. The predicted molar refractivity (Wildman–Crippen MR) is 57.0 cm³/mol. The van der Waals surface area contributed by atoms with Crippen molar-refractivity contribution in [3.8, 4) is 0 Å². The van der Waals surface area contributed by atoms with Crippen LogP contribution in [0.5, 0.6) is 0 Å². The van der Waals surface area contributed by atoms with Crippen LogP contribution in [0.2, 0.25) is 0 Å². The fourth-order valence-electron chi connectivity index (χ4n) is 1.99.